The van der Waals surface area contributed by atoms with Gasteiger partial charge in [-0.15, -0.1) is 0 Å². The average molecular weight is 502 g/mol. The molecule has 8 nitrogen and oxygen atoms in total. The zero-order valence-electron chi connectivity index (χ0n) is 21.6. The number of unbranched alkanes of at least 4 members (excludes halogenated alkanes) is 1. The number of H-pyrrole nitrogens is 1. The van der Waals surface area contributed by atoms with E-state index in [0.717, 1.165) is 18.4 Å². The number of ether oxygens (including phenoxy) is 3. The lowest BCUT2D eigenvalue weighted by Crippen LogP contribution is -2.23. The van der Waals surface area contributed by atoms with Crippen molar-refractivity contribution in [2.75, 3.05) is 21.3 Å². The van der Waals surface area contributed by atoms with E-state index in [1.807, 2.05) is 6.92 Å². The van der Waals surface area contributed by atoms with Crippen LogP contribution in [0.1, 0.15) is 42.1 Å². The molecule has 2 aromatic carbocycles. The monoisotopic (exact) mass is 501 g/mol. The number of aliphatic imine (C=N–C) groups is 1. The maximum Gasteiger partial charge on any atom is 0.264 e. The highest BCUT2D eigenvalue weighted by Gasteiger charge is 2.27. The Morgan fingerprint density at radius 1 is 1.11 bits per heavy atom. The van der Waals surface area contributed by atoms with Crippen LogP contribution in [-0.2, 0) is 17.6 Å². The van der Waals surface area contributed by atoms with Crippen LogP contribution < -0.4 is 15.0 Å². The van der Waals surface area contributed by atoms with Crippen molar-refractivity contribution in [3.05, 3.63) is 87.5 Å². The molecule has 37 heavy (non-hydrogen) atoms. The number of pyridine rings is 1. The van der Waals surface area contributed by atoms with Crippen molar-refractivity contribution in [2.24, 2.45) is 4.99 Å². The number of hydrogen-bond acceptors (Lipinski definition) is 7. The Hall–Kier alpha value is -4.51. The Morgan fingerprint density at radius 3 is 2.30 bits per heavy atom. The van der Waals surface area contributed by atoms with E-state index < -0.39 is 5.56 Å². The summed E-state index contributed by atoms with van der Waals surface area (Å²) in [6.07, 6.45) is 2.55. The Morgan fingerprint density at radius 2 is 1.76 bits per heavy atom. The third-order valence-electron chi connectivity index (χ3n) is 5.87. The van der Waals surface area contributed by atoms with Gasteiger partial charge in [0.25, 0.3) is 5.56 Å². The van der Waals surface area contributed by atoms with Gasteiger partial charge in [0, 0.05) is 19.2 Å². The number of rotatable bonds is 10. The van der Waals surface area contributed by atoms with E-state index in [9.17, 15) is 9.90 Å². The summed E-state index contributed by atoms with van der Waals surface area (Å²) in [6, 6.07) is 14.4. The molecule has 0 amide bonds. The second-order valence-corrected chi connectivity index (χ2v) is 8.33. The van der Waals surface area contributed by atoms with Crippen LogP contribution >= 0.6 is 0 Å². The summed E-state index contributed by atoms with van der Waals surface area (Å²) in [5, 5.41) is 20.5. The number of nitrogens with one attached hydrogen (secondary N) is 1. The number of benzene rings is 2. The predicted octanol–water partition coefficient (Wildman–Crippen LogP) is 5.13. The molecule has 0 saturated heterocycles. The van der Waals surface area contributed by atoms with Crippen LogP contribution in [0.4, 0.5) is 0 Å². The Kier molecular flexibility index (Phi) is 9.11. The molecule has 3 aromatic rings. The molecular formula is C29H31N3O5. The molecule has 2 N–H and O–H groups in total. The second kappa shape index (κ2) is 12.5. The summed E-state index contributed by atoms with van der Waals surface area (Å²) >= 11 is 0. The van der Waals surface area contributed by atoms with Crippen LogP contribution in [0.15, 0.2) is 64.6 Å². The first-order valence-electron chi connectivity index (χ1n) is 11.9. The number of allylic oxidation sites excluding steroid dienone is 1. The van der Waals surface area contributed by atoms with Crippen LogP contribution in [0.3, 0.4) is 0 Å². The van der Waals surface area contributed by atoms with E-state index in [4.69, 9.17) is 19.5 Å². The van der Waals surface area contributed by atoms with Gasteiger partial charge in [0.05, 0.1) is 37.0 Å². The minimum Gasteiger partial charge on any atom is -0.506 e. The van der Waals surface area contributed by atoms with Gasteiger partial charge in [-0.3, -0.25) is 9.79 Å². The van der Waals surface area contributed by atoms with Crippen molar-refractivity contribution in [2.45, 2.75) is 32.6 Å². The van der Waals surface area contributed by atoms with Crippen molar-refractivity contribution in [3.63, 3.8) is 0 Å². The Balaban J connectivity index is 2.10. The fourth-order valence-electron chi connectivity index (χ4n) is 4.05. The number of nitriles is 1. The summed E-state index contributed by atoms with van der Waals surface area (Å²) < 4.78 is 17.0. The van der Waals surface area contributed by atoms with Gasteiger partial charge in [-0.25, -0.2) is 0 Å². The second-order valence-electron chi connectivity index (χ2n) is 8.33. The molecule has 3 rings (SSSR count). The van der Waals surface area contributed by atoms with E-state index in [-0.39, 0.29) is 17.2 Å². The van der Waals surface area contributed by atoms with Crippen molar-refractivity contribution >= 4 is 5.90 Å². The molecule has 0 aliphatic carbocycles. The summed E-state index contributed by atoms with van der Waals surface area (Å²) in [6.45, 7) is 6.00. The normalized spacial score (nSPS) is 11.1. The number of aromatic hydroxyl groups is 1. The van der Waals surface area contributed by atoms with E-state index in [0.29, 0.717) is 52.5 Å². The lowest BCUT2D eigenvalue weighted by atomic mass is 9.95. The molecule has 0 unspecified atom stereocenters. The molecule has 192 valence electrons. The lowest BCUT2D eigenvalue weighted by Gasteiger charge is -2.20. The maximum absolute atomic E-state index is 13.2. The van der Waals surface area contributed by atoms with E-state index in [1.54, 1.807) is 42.5 Å². The van der Waals surface area contributed by atoms with Crippen molar-refractivity contribution in [1.29, 1.82) is 5.26 Å². The molecule has 1 heterocycles. The largest absolute Gasteiger partial charge is 0.506 e. The zero-order valence-corrected chi connectivity index (χ0v) is 21.6. The van der Waals surface area contributed by atoms with Gasteiger partial charge in [0.15, 0.2) is 0 Å². The van der Waals surface area contributed by atoms with Gasteiger partial charge in [0.2, 0.25) is 5.90 Å². The average Bonchev–Trinajstić information content (AvgIpc) is 2.91. The van der Waals surface area contributed by atoms with Crippen molar-refractivity contribution in [3.8, 4) is 34.4 Å². The van der Waals surface area contributed by atoms with E-state index >= 15 is 0 Å². The fraction of sp³-hybridized carbons (Fsp3) is 0.276. The van der Waals surface area contributed by atoms with Crippen LogP contribution in [0, 0.1) is 11.3 Å². The number of aromatic nitrogens is 1. The van der Waals surface area contributed by atoms with Crippen LogP contribution in [0.5, 0.6) is 17.2 Å². The van der Waals surface area contributed by atoms with Crippen LogP contribution in [-0.4, -0.2) is 37.3 Å². The standard InChI is InChI=1S/C29H31N3O5/c1-6-7-9-21-24(25-22(35-4)10-8-11-23(25)36-5)27(33)26(28(34)32-21)29(31-3)37-18(2)16-19-12-14-20(17-30)15-13-19/h8,10-15H,2,6-7,9,16H2,1,3-5H3,(H2,32,33,34). The predicted molar refractivity (Wildman–Crippen MR) is 143 cm³/mol. The molecule has 0 atom stereocenters. The first-order chi connectivity index (χ1) is 17.9. The number of hydrogen-bond donors (Lipinski definition) is 2. The first kappa shape index (κ1) is 27.1. The minimum atomic E-state index is -0.534. The maximum atomic E-state index is 13.2. The SMILES string of the molecule is C=C(Cc1ccc(C#N)cc1)OC(=NC)c1c(O)c(-c2c(OC)cccc2OC)c(CCCC)[nH]c1=O. The lowest BCUT2D eigenvalue weighted by molar-refractivity contribution is 0.394. The molecule has 0 fully saturated rings. The topological polar surface area (TPSA) is 117 Å². The molecule has 8 heteroatoms. The van der Waals surface area contributed by atoms with Gasteiger partial charge in [-0.2, -0.15) is 5.26 Å². The summed E-state index contributed by atoms with van der Waals surface area (Å²) in [4.78, 5) is 20.3. The Labute approximate surface area is 216 Å². The van der Waals surface area contributed by atoms with Gasteiger partial charge in [-0.1, -0.05) is 38.1 Å². The van der Waals surface area contributed by atoms with Gasteiger partial charge in [-0.05, 0) is 42.7 Å². The zero-order chi connectivity index (χ0) is 26.9. The fourth-order valence-corrected chi connectivity index (χ4v) is 4.05. The first-order valence-corrected chi connectivity index (χ1v) is 11.9. The van der Waals surface area contributed by atoms with Gasteiger partial charge >= 0.3 is 0 Å². The highest BCUT2D eigenvalue weighted by atomic mass is 16.5. The number of aryl methyl sites for hydroxylation is 1. The molecule has 0 radical (unpaired) electrons. The summed E-state index contributed by atoms with van der Waals surface area (Å²) in [5.74, 6) is 0.910. The minimum absolute atomic E-state index is 0.0745. The molecule has 0 aliphatic heterocycles. The van der Waals surface area contributed by atoms with Crippen molar-refractivity contribution in [1.82, 2.24) is 4.98 Å². The highest BCUT2D eigenvalue weighted by Crippen LogP contribution is 2.44. The third-order valence-corrected chi connectivity index (χ3v) is 5.87. The number of aromatic amines is 1. The van der Waals surface area contributed by atoms with Crippen molar-refractivity contribution < 1.29 is 19.3 Å². The smallest absolute Gasteiger partial charge is 0.264 e. The molecule has 1 aromatic heterocycles. The number of nitrogens with zero attached hydrogens (tertiary/aromatic N) is 2. The van der Waals surface area contributed by atoms with Crippen LogP contribution in [0.25, 0.3) is 11.1 Å². The molecular weight excluding hydrogens is 470 g/mol. The quantitative estimate of drug-likeness (QED) is 0.226. The van der Waals surface area contributed by atoms with Crippen LogP contribution in [0.2, 0.25) is 0 Å². The van der Waals surface area contributed by atoms with Gasteiger partial charge in [0.1, 0.15) is 28.6 Å². The Bertz CT molecular complexity index is 1380. The molecule has 0 spiro atoms. The number of methoxy groups -OCH3 is 2. The summed E-state index contributed by atoms with van der Waals surface area (Å²) in [5.41, 5.74) is 2.22. The van der Waals surface area contributed by atoms with E-state index in [2.05, 4.69) is 22.6 Å². The molecule has 0 aliphatic rings. The van der Waals surface area contributed by atoms with Gasteiger partial charge < -0.3 is 24.3 Å². The summed E-state index contributed by atoms with van der Waals surface area (Å²) in [7, 11) is 4.53. The van der Waals surface area contributed by atoms with E-state index in [1.165, 1.54) is 21.3 Å². The highest BCUT2D eigenvalue weighted by molar-refractivity contribution is 6.00. The molecule has 0 saturated carbocycles. The third kappa shape index (κ3) is 6.01. The molecule has 0 bridgehead atoms.